The third-order valence-electron chi connectivity index (χ3n) is 4.61. The Morgan fingerprint density at radius 2 is 2.26 bits per heavy atom. The van der Waals surface area contributed by atoms with Crippen molar-refractivity contribution in [2.24, 2.45) is 0 Å². The monoisotopic (exact) mass is 363 g/mol. The number of pyridine rings is 1. The second kappa shape index (κ2) is 7.94. The van der Waals surface area contributed by atoms with Crippen molar-refractivity contribution in [3.05, 3.63) is 71.2 Å². The van der Waals surface area contributed by atoms with E-state index in [0.29, 0.717) is 40.9 Å². The molecule has 5 nitrogen and oxygen atoms in total. The highest BCUT2D eigenvalue weighted by Gasteiger charge is 2.20. The number of aromatic hydroxyl groups is 1. The maximum atomic E-state index is 13.2. The number of allylic oxidation sites excluding steroid dienone is 2. The van der Waals surface area contributed by atoms with Crippen molar-refractivity contribution in [2.75, 3.05) is 7.05 Å². The van der Waals surface area contributed by atoms with Crippen molar-refractivity contribution in [1.82, 2.24) is 9.88 Å². The van der Waals surface area contributed by atoms with E-state index < -0.39 is 0 Å². The Morgan fingerprint density at radius 1 is 1.44 bits per heavy atom. The van der Waals surface area contributed by atoms with Crippen molar-refractivity contribution in [3.63, 3.8) is 0 Å². The zero-order valence-corrected chi connectivity index (χ0v) is 14.8. The van der Waals surface area contributed by atoms with Gasteiger partial charge in [0.15, 0.2) is 6.29 Å². The summed E-state index contributed by atoms with van der Waals surface area (Å²) in [5.41, 5.74) is 2.40. The van der Waals surface area contributed by atoms with Gasteiger partial charge in [-0.3, -0.25) is 14.7 Å². The van der Waals surface area contributed by atoms with Gasteiger partial charge in [-0.05, 0) is 49.9 Å². The number of aromatic nitrogens is 1. The zero-order chi connectivity index (χ0) is 19.4. The van der Waals surface area contributed by atoms with Gasteiger partial charge in [-0.25, -0.2) is 4.39 Å². The van der Waals surface area contributed by atoms with Crippen LogP contribution in [0.1, 0.15) is 27.9 Å². The summed E-state index contributed by atoms with van der Waals surface area (Å²) in [6.45, 7) is 0.390. The first-order valence-electron chi connectivity index (χ1n) is 8.44. The molecule has 0 fully saturated rings. The average molecular weight is 363 g/mol. The van der Waals surface area contributed by atoms with Crippen LogP contribution in [0.25, 0.3) is 11.3 Å². The Morgan fingerprint density at radius 3 is 2.89 bits per heavy atom. The van der Waals surface area contributed by atoms with Gasteiger partial charge < -0.3 is 5.11 Å². The minimum atomic E-state index is -0.252. The van der Waals surface area contributed by atoms with E-state index in [-0.39, 0.29) is 17.6 Å². The van der Waals surface area contributed by atoms with Gasteiger partial charge in [-0.2, -0.15) is 5.26 Å². The van der Waals surface area contributed by atoms with Crippen LogP contribution in [0.2, 0.25) is 0 Å². The fraction of sp³-hybridized carbons (Fsp3) is 0.190. The number of phenolic OH excluding ortho intramolecular Hbond substituents is 1. The Hall–Kier alpha value is -3.30. The van der Waals surface area contributed by atoms with Crippen LogP contribution in [0, 0.1) is 11.3 Å². The van der Waals surface area contributed by atoms with E-state index in [1.54, 1.807) is 24.3 Å². The molecule has 1 aromatic carbocycles. The predicted molar refractivity (Wildman–Crippen MR) is 99.6 cm³/mol. The lowest BCUT2D eigenvalue weighted by Crippen LogP contribution is -2.30. The van der Waals surface area contributed by atoms with Crippen molar-refractivity contribution < 1.29 is 14.3 Å². The number of phenols is 1. The van der Waals surface area contributed by atoms with Crippen LogP contribution in [-0.4, -0.2) is 34.4 Å². The summed E-state index contributed by atoms with van der Waals surface area (Å²) in [4.78, 5) is 17.9. The number of carbonyl (C=O) groups is 1. The normalized spacial score (nSPS) is 16.1. The van der Waals surface area contributed by atoms with Gasteiger partial charge in [0.25, 0.3) is 0 Å². The highest BCUT2D eigenvalue weighted by atomic mass is 19.1. The van der Waals surface area contributed by atoms with Crippen molar-refractivity contribution in [2.45, 2.75) is 19.0 Å². The van der Waals surface area contributed by atoms with Crippen LogP contribution in [0.3, 0.4) is 0 Å². The van der Waals surface area contributed by atoms with Gasteiger partial charge in [0.05, 0.1) is 17.3 Å². The molecule has 1 aliphatic rings. The first kappa shape index (κ1) is 18.5. The average Bonchev–Trinajstić information content (AvgIpc) is 2.68. The smallest absolute Gasteiger partial charge is 0.150 e. The fourth-order valence-electron chi connectivity index (χ4n) is 3.09. The number of nitrogens with zero attached hydrogens (tertiary/aromatic N) is 3. The number of likely N-dealkylation sites (N-methyl/N-ethyl adjacent to an activating group) is 1. The van der Waals surface area contributed by atoms with Crippen LogP contribution in [0.4, 0.5) is 4.39 Å². The van der Waals surface area contributed by atoms with E-state index >= 15 is 0 Å². The van der Waals surface area contributed by atoms with E-state index in [9.17, 15) is 14.3 Å². The molecule has 1 aliphatic carbocycles. The van der Waals surface area contributed by atoms with Gasteiger partial charge in [0, 0.05) is 35.5 Å². The lowest BCUT2D eigenvalue weighted by atomic mass is 9.98. The summed E-state index contributed by atoms with van der Waals surface area (Å²) in [7, 11) is 1.88. The highest BCUT2D eigenvalue weighted by Crippen LogP contribution is 2.33. The van der Waals surface area contributed by atoms with Gasteiger partial charge in [0.2, 0.25) is 0 Å². The number of halogens is 1. The molecular formula is C21H18FN3O2. The third kappa shape index (κ3) is 3.94. The molecule has 1 N–H and O–H groups in total. The molecule has 0 spiro atoms. The molecule has 0 amide bonds. The number of nitriles is 1. The van der Waals surface area contributed by atoms with Gasteiger partial charge in [-0.1, -0.05) is 6.08 Å². The second-order valence-electron chi connectivity index (χ2n) is 6.36. The second-order valence-corrected chi connectivity index (χ2v) is 6.36. The number of rotatable bonds is 5. The molecule has 2 aromatic rings. The maximum Gasteiger partial charge on any atom is 0.150 e. The molecule has 0 saturated carbocycles. The SMILES string of the molecule is CN(Cc1c(C=O)ccnc1-c1ccc(C#N)cc1O)C1C=CC(F)=CC1. The first-order valence-corrected chi connectivity index (χ1v) is 8.44. The molecule has 0 bridgehead atoms. The molecule has 27 heavy (non-hydrogen) atoms. The summed E-state index contributed by atoms with van der Waals surface area (Å²) in [5, 5.41) is 19.3. The number of aldehydes is 1. The summed E-state index contributed by atoms with van der Waals surface area (Å²) in [6, 6.07) is 8.17. The quantitative estimate of drug-likeness (QED) is 0.819. The molecule has 3 rings (SSSR count). The number of carbonyl (C=O) groups excluding carboxylic acids is 1. The number of benzene rings is 1. The molecular weight excluding hydrogens is 345 g/mol. The van der Waals surface area contributed by atoms with Crippen molar-refractivity contribution in [3.8, 4) is 23.1 Å². The van der Waals surface area contributed by atoms with Crippen LogP contribution in [0.5, 0.6) is 5.75 Å². The lowest BCUT2D eigenvalue weighted by molar-refractivity contribution is 0.112. The van der Waals surface area contributed by atoms with E-state index in [1.807, 2.05) is 18.0 Å². The van der Waals surface area contributed by atoms with Crippen LogP contribution < -0.4 is 0 Å². The van der Waals surface area contributed by atoms with Gasteiger partial charge in [0.1, 0.15) is 11.6 Å². The third-order valence-corrected chi connectivity index (χ3v) is 4.61. The Kier molecular flexibility index (Phi) is 5.43. The van der Waals surface area contributed by atoms with Crippen LogP contribution in [-0.2, 0) is 6.54 Å². The summed E-state index contributed by atoms with van der Waals surface area (Å²) in [5.74, 6) is -0.325. The minimum absolute atomic E-state index is 0.00776. The fourth-order valence-corrected chi connectivity index (χ4v) is 3.09. The number of hydrogen-bond acceptors (Lipinski definition) is 5. The van der Waals surface area contributed by atoms with Crippen molar-refractivity contribution in [1.29, 1.82) is 5.26 Å². The first-order chi connectivity index (χ1) is 13.0. The Labute approximate surface area is 156 Å². The molecule has 6 heteroatoms. The van der Waals surface area contributed by atoms with Gasteiger partial charge >= 0.3 is 0 Å². The lowest BCUT2D eigenvalue weighted by Gasteiger charge is -2.27. The largest absolute Gasteiger partial charge is 0.507 e. The topological polar surface area (TPSA) is 77.2 Å². The molecule has 1 atom stereocenters. The molecule has 136 valence electrons. The van der Waals surface area contributed by atoms with Crippen molar-refractivity contribution >= 4 is 6.29 Å². The van der Waals surface area contributed by atoms with Crippen LogP contribution in [0.15, 0.2) is 54.5 Å². The Balaban J connectivity index is 1.99. The minimum Gasteiger partial charge on any atom is -0.507 e. The highest BCUT2D eigenvalue weighted by molar-refractivity contribution is 5.82. The molecule has 1 unspecified atom stereocenters. The van der Waals surface area contributed by atoms with E-state index in [2.05, 4.69) is 4.98 Å². The summed E-state index contributed by atoms with van der Waals surface area (Å²) in [6.07, 6.45) is 7.54. The van der Waals surface area contributed by atoms with E-state index in [4.69, 9.17) is 5.26 Å². The molecule has 0 radical (unpaired) electrons. The van der Waals surface area contributed by atoms with Crippen LogP contribution >= 0.6 is 0 Å². The standard InChI is InChI=1S/C21H18FN3O2/c1-25(17-5-3-16(22)4-6-17)12-19-15(13-26)8-9-24-21(19)18-7-2-14(11-23)10-20(18)27/h2-5,7-10,13,17,27H,6,12H2,1H3. The van der Waals surface area contributed by atoms with Gasteiger partial charge in [-0.15, -0.1) is 0 Å². The predicted octanol–water partition coefficient (Wildman–Crippen LogP) is 3.75. The van der Waals surface area contributed by atoms with E-state index in [1.165, 1.54) is 24.4 Å². The number of hydrogen-bond donors (Lipinski definition) is 1. The maximum absolute atomic E-state index is 13.2. The summed E-state index contributed by atoms with van der Waals surface area (Å²) < 4.78 is 13.2. The molecule has 1 aromatic heterocycles. The molecule has 0 aliphatic heterocycles. The Bertz CT molecular complexity index is 976. The van der Waals surface area contributed by atoms with E-state index in [0.717, 1.165) is 6.29 Å². The molecule has 1 heterocycles. The zero-order valence-electron chi connectivity index (χ0n) is 14.8. The molecule has 0 saturated heterocycles. The summed E-state index contributed by atoms with van der Waals surface area (Å²) >= 11 is 0.